The van der Waals surface area contributed by atoms with Gasteiger partial charge in [-0.25, -0.2) is 28.1 Å². The summed E-state index contributed by atoms with van der Waals surface area (Å²) in [5.74, 6) is 1.23. The molecule has 1 aliphatic carbocycles. The van der Waals surface area contributed by atoms with Crippen LogP contribution in [0, 0.1) is 5.92 Å². The molecular formula is C23H27F2N7O3S. The van der Waals surface area contributed by atoms with Gasteiger partial charge in [0, 0.05) is 42.8 Å². The molecule has 4 heterocycles. The molecule has 2 amide bonds. The first-order valence-corrected chi connectivity index (χ1v) is 12.8. The largest absolute Gasteiger partial charge is 0.465 e. The number of alkyl halides is 2. The van der Waals surface area contributed by atoms with Crippen molar-refractivity contribution >= 4 is 34.0 Å². The number of aromatic nitrogens is 4. The van der Waals surface area contributed by atoms with Crippen LogP contribution in [0.3, 0.4) is 0 Å². The summed E-state index contributed by atoms with van der Waals surface area (Å²) >= 11 is 1.50. The Labute approximate surface area is 209 Å². The highest BCUT2D eigenvalue weighted by molar-refractivity contribution is 7.16. The van der Waals surface area contributed by atoms with E-state index in [0.717, 1.165) is 28.1 Å². The molecule has 1 saturated heterocycles. The van der Waals surface area contributed by atoms with E-state index in [2.05, 4.69) is 27.3 Å². The van der Waals surface area contributed by atoms with Crippen molar-refractivity contribution in [1.29, 1.82) is 0 Å². The molecule has 3 aromatic rings. The van der Waals surface area contributed by atoms with Gasteiger partial charge in [-0.15, -0.1) is 11.3 Å². The van der Waals surface area contributed by atoms with E-state index in [4.69, 9.17) is 0 Å². The average molecular weight is 520 g/mol. The maximum atomic E-state index is 13.4. The van der Waals surface area contributed by atoms with Crippen LogP contribution in [0.5, 0.6) is 0 Å². The summed E-state index contributed by atoms with van der Waals surface area (Å²) in [6.07, 6.45) is 2.28. The zero-order valence-corrected chi connectivity index (χ0v) is 20.5. The molecule has 5 rings (SSSR count). The number of anilines is 1. The van der Waals surface area contributed by atoms with Crippen LogP contribution in [-0.4, -0.2) is 84.6 Å². The number of nitrogens with zero attached hydrogens (tertiary/aromatic N) is 6. The lowest BCUT2D eigenvalue weighted by atomic mass is 10.0. The SMILES string of the molecule is C[C@@H](Nc1cc(C(=O)N2CCC(N(CC(F)F)C(=O)O)CC2)nc(-c2cnn3ccsc23)n1)C1CC1. The number of carbonyl (C=O) groups excluding carboxylic acids is 1. The third-order valence-corrected chi connectivity index (χ3v) is 7.68. The van der Waals surface area contributed by atoms with E-state index < -0.39 is 25.1 Å². The van der Waals surface area contributed by atoms with Crippen molar-refractivity contribution in [2.75, 3.05) is 25.0 Å². The summed E-state index contributed by atoms with van der Waals surface area (Å²) in [5.41, 5.74) is 0.951. The maximum Gasteiger partial charge on any atom is 0.407 e. The molecule has 0 bridgehead atoms. The smallest absolute Gasteiger partial charge is 0.407 e. The zero-order chi connectivity index (χ0) is 25.4. The van der Waals surface area contributed by atoms with Gasteiger partial charge in [-0.05, 0) is 38.5 Å². The number of fused-ring (bicyclic) bond motifs is 1. The van der Waals surface area contributed by atoms with Crippen LogP contribution in [0.4, 0.5) is 19.4 Å². The molecule has 36 heavy (non-hydrogen) atoms. The summed E-state index contributed by atoms with van der Waals surface area (Å²) in [6.45, 7) is 1.76. The Kier molecular flexibility index (Phi) is 6.73. The van der Waals surface area contributed by atoms with Crippen LogP contribution >= 0.6 is 11.3 Å². The molecule has 1 aliphatic heterocycles. The summed E-state index contributed by atoms with van der Waals surface area (Å²) in [4.78, 5) is 37.4. The molecule has 2 aliphatic rings. The van der Waals surface area contributed by atoms with Gasteiger partial charge in [0.1, 0.15) is 16.3 Å². The highest BCUT2D eigenvalue weighted by atomic mass is 32.1. The van der Waals surface area contributed by atoms with Crippen molar-refractivity contribution in [1.82, 2.24) is 29.4 Å². The number of halogens is 2. The molecule has 0 radical (unpaired) electrons. The van der Waals surface area contributed by atoms with E-state index >= 15 is 0 Å². The van der Waals surface area contributed by atoms with Crippen molar-refractivity contribution in [3.05, 3.63) is 29.5 Å². The molecule has 1 atom stereocenters. The highest BCUT2D eigenvalue weighted by Gasteiger charge is 2.33. The van der Waals surface area contributed by atoms with Gasteiger partial charge in [-0.1, -0.05) is 0 Å². The highest BCUT2D eigenvalue weighted by Crippen LogP contribution is 2.34. The first-order valence-electron chi connectivity index (χ1n) is 11.9. The minimum absolute atomic E-state index is 0.206. The number of carbonyl (C=O) groups is 2. The molecule has 10 nitrogen and oxygen atoms in total. The molecule has 2 N–H and O–H groups in total. The van der Waals surface area contributed by atoms with E-state index in [-0.39, 0.29) is 43.6 Å². The van der Waals surface area contributed by atoms with Crippen LogP contribution in [0.25, 0.3) is 16.2 Å². The minimum Gasteiger partial charge on any atom is -0.465 e. The Balaban J connectivity index is 1.37. The molecular weight excluding hydrogens is 492 g/mol. The van der Waals surface area contributed by atoms with Crippen molar-refractivity contribution < 1.29 is 23.5 Å². The molecule has 0 spiro atoms. The topological polar surface area (TPSA) is 116 Å². The number of thiazole rings is 1. The van der Waals surface area contributed by atoms with Gasteiger partial charge < -0.3 is 15.3 Å². The van der Waals surface area contributed by atoms with Crippen molar-refractivity contribution in [2.24, 2.45) is 5.92 Å². The standard InChI is InChI=1S/C23H27F2N7O3S/c1-13(14-2-3-14)27-19-10-17(28-20(29-19)16-11-26-32-8-9-36-22(16)32)21(33)30-6-4-15(5-7-30)31(23(34)35)12-18(24)25/h8-11,13-15,18H,2-7,12H2,1H3,(H,34,35)(H,27,28,29)/t13-/m1/s1. The number of amides is 2. The number of piperidine rings is 1. The van der Waals surface area contributed by atoms with Crippen molar-refractivity contribution in [3.8, 4) is 11.4 Å². The Morgan fingerprint density at radius 1 is 1.25 bits per heavy atom. The average Bonchev–Trinajstić information content (AvgIpc) is 3.48. The predicted molar refractivity (Wildman–Crippen MR) is 130 cm³/mol. The van der Waals surface area contributed by atoms with E-state index in [9.17, 15) is 23.5 Å². The second-order valence-corrected chi connectivity index (χ2v) is 10.2. The van der Waals surface area contributed by atoms with Crippen molar-refractivity contribution in [2.45, 2.75) is 51.1 Å². The monoisotopic (exact) mass is 519 g/mol. The molecule has 13 heteroatoms. The molecule has 0 unspecified atom stereocenters. The Hall–Kier alpha value is -3.35. The maximum absolute atomic E-state index is 13.4. The number of carboxylic acid groups (broad SMARTS) is 1. The zero-order valence-electron chi connectivity index (χ0n) is 19.7. The normalized spacial score (nSPS) is 17.5. The van der Waals surface area contributed by atoms with Crippen LogP contribution in [0.15, 0.2) is 23.8 Å². The van der Waals surface area contributed by atoms with Crippen molar-refractivity contribution in [3.63, 3.8) is 0 Å². The third-order valence-electron chi connectivity index (χ3n) is 6.80. The number of likely N-dealkylation sites (tertiary alicyclic amines) is 1. The molecule has 192 valence electrons. The van der Waals surface area contributed by atoms with Gasteiger partial charge >= 0.3 is 6.09 Å². The van der Waals surface area contributed by atoms with Gasteiger partial charge in [-0.2, -0.15) is 5.10 Å². The Morgan fingerprint density at radius 3 is 2.67 bits per heavy atom. The number of hydrogen-bond acceptors (Lipinski definition) is 7. The lowest BCUT2D eigenvalue weighted by molar-refractivity contribution is 0.0388. The van der Waals surface area contributed by atoms with Gasteiger partial charge in [0.15, 0.2) is 5.82 Å². The van der Waals surface area contributed by atoms with Gasteiger partial charge in [0.25, 0.3) is 12.3 Å². The van der Waals surface area contributed by atoms with Gasteiger partial charge in [-0.3, -0.25) is 9.69 Å². The quantitative estimate of drug-likeness (QED) is 0.464. The molecule has 2 fully saturated rings. The van der Waals surface area contributed by atoms with Crippen LogP contribution < -0.4 is 5.32 Å². The molecule has 1 saturated carbocycles. The van der Waals surface area contributed by atoms with E-state index in [1.807, 2.05) is 11.6 Å². The first kappa shape index (κ1) is 24.3. The Bertz CT molecular complexity index is 1250. The summed E-state index contributed by atoms with van der Waals surface area (Å²) in [6, 6.07) is 1.29. The van der Waals surface area contributed by atoms with E-state index in [0.29, 0.717) is 17.6 Å². The fraction of sp³-hybridized carbons (Fsp3) is 0.522. The Morgan fingerprint density at radius 2 is 2.00 bits per heavy atom. The van der Waals surface area contributed by atoms with E-state index in [1.54, 1.807) is 21.7 Å². The summed E-state index contributed by atoms with van der Waals surface area (Å²) in [5, 5.41) is 19.0. The first-order chi connectivity index (χ1) is 17.3. The van der Waals surface area contributed by atoms with Crippen LogP contribution in [-0.2, 0) is 0 Å². The second-order valence-electron chi connectivity index (χ2n) is 9.29. The number of hydrogen-bond donors (Lipinski definition) is 2. The van der Waals surface area contributed by atoms with Crippen LogP contribution in [0.2, 0.25) is 0 Å². The van der Waals surface area contributed by atoms with Crippen LogP contribution in [0.1, 0.15) is 43.1 Å². The lowest BCUT2D eigenvalue weighted by Crippen LogP contribution is -2.49. The fourth-order valence-electron chi connectivity index (χ4n) is 4.65. The lowest BCUT2D eigenvalue weighted by Gasteiger charge is -2.37. The summed E-state index contributed by atoms with van der Waals surface area (Å²) in [7, 11) is 0. The van der Waals surface area contributed by atoms with E-state index in [1.165, 1.54) is 11.3 Å². The van der Waals surface area contributed by atoms with Gasteiger partial charge in [0.05, 0.1) is 18.3 Å². The summed E-state index contributed by atoms with van der Waals surface area (Å²) < 4.78 is 27.4. The predicted octanol–water partition coefficient (Wildman–Crippen LogP) is 3.91. The third kappa shape index (κ3) is 5.11. The van der Waals surface area contributed by atoms with Gasteiger partial charge in [0.2, 0.25) is 0 Å². The fourth-order valence-corrected chi connectivity index (χ4v) is 5.45. The molecule has 3 aromatic heterocycles. The minimum atomic E-state index is -2.75. The second kappa shape index (κ2) is 9.96. The number of rotatable bonds is 8. The molecule has 0 aromatic carbocycles. The number of nitrogens with one attached hydrogen (secondary N) is 1.